The summed E-state index contributed by atoms with van der Waals surface area (Å²) in [5, 5.41) is -0.383. The number of piperidine rings is 1. The highest BCUT2D eigenvalue weighted by Crippen LogP contribution is 2.15. The van der Waals surface area contributed by atoms with Crippen molar-refractivity contribution in [2.75, 3.05) is 27.2 Å². The maximum Gasteiger partial charge on any atom is 0.240 e. The van der Waals surface area contributed by atoms with Crippen LogP contribution < -0.4 is 0 Å². The van der Waals surface area contributed by atoms with E-state index < -0.39 is 0 Å². The van der Waals surface area contributed by atoms with Crippen LogP contribution in [0.1, 0.15) is 19.8 Å². The Hall–Kier alpha value is -0.280. The Labute approximate surface area is 91.0 Å². The summed E-state index contributed by atoms with van der Waals surface area (Å²) in [6.45, 7) is 3.43. The molecule has 0 aromatic heterocycles. The fraction of sp³-hybridized carbons (Fsp3) is 0.900. The molecule has 1 fully saturated rings. The minimum atomic E-state index is -0.383. The zero-order valence-corrected chi connectivity index (χ0v) is 9.92. The van der Waals surface area contributed by atoms with Crippen molar-refractivity contribution in [2.24, 2.45) is 0 Å². The number of amides is 1. The quantitative estimate of drug-likeness (QED) is 0.650. The summed E-state index contributed by atoms with van der Waals surface area (Å²) in [6, 6.07) is 0.615. The Kier molecular flexibility index (Phi) is 4.20. The molecule has 82 valence electrons. The Morgan fingerprint density at radius 1 is 1.43 bits per heavy atom. The van der Waals surface area contributed by atoms with Crippen molar-refractivity contribution < 1.29 is 4.79 Å². The molecule has 1 aliphatic heterocycles. The lowest BCUT2D eigenvalue weighted by Crippen LogP contribution is -2.46. The molecule has 0 aromatic carbocycles. The predicted octanol–water partition coefficient (Wildman–Crippen LogP) is 1.17. The van der Waals surface area contributed by atoms with E-state index in [0.29, 0.717) is 6.04 Å². The summed E-state index contributed by atoms with van der Waals surface area (Å²) in [6.07, 6.45) is 2.12. The van der Waals surface area contributed by atoms with Crippen LogP contribution in [0.5, 0.6) is 0 Å². The van der Waals surface area contributed by atoms with Crippen LogP contribution in [0.25, 0.3) is 0 Å². The Morgan fingerprint density at radius 2 is 1.93 bits per heavy atom. The van der Waals surface area contributed by atoms with E-state index in [1.165, 1.54) is 0 Å². The van der Waals surface area contributed by atoms with E-state index >= 15 is 0 Å². The minimum Gasteiger partial charge on any atom is -0.341 e. The average molecular weight is 219 g/mol. The van der Waals surface area contributed by atoms with Crippen LogP contribution in [-0.4, -0.2) is 54.3 Å². The molecule has 1 rings (SSSR count). The van der Waals surface area contributed by atoms with Gasteiger partial charge in [0, 0.05) is 19.1 Å². The minimum absolute atomic E-state index is 0.0730. The van der Waals surface area contributed by atoms with Crippen molar-refractivity contribution in [1.29, 1.82) is 0 Å². The maximum atomic E-state index is 11.6. The molecule has 1 aliphatic rings. The number of nitrogens with zero attached hydrogens (tertiary/aromatic N) is 2. The molecule has 0 spiro atoms. The highest BCUT2D eigenvalue weighted by molar-refractivity contribution is 6.30. The predicted molar refractivity (Wildman–Crippen MR) is 58.6 cm³/mol. The SMILES string of the molecule is CC(Cl)C(=O)N1CCC(N(C)C)CC1. The van der Waals surface area contributed by atoms with Gasteiger partial charge in [0.05, 0.1) is 0 Å². The third-order valence-electron chi connectivity index (χ3n) is 2.85. The van der Waals surface area contributed by atoms with Gasteiger partial charge in [-0.1, -0.05) is 0 Å². The number of hydrogen-bond donors (Lipinski definition) is 0. The van der Waals surface area contributed by atoms with Gasteiger partial charge in [0.25, 0.3) is 0 Å². The molecule has 14 heavy (non-hydrogen) atoms. The first-order valence-corrected chi connectivity index (χ1v) is 5.55. The summed E-state index contributed by atoms with van der Waals surface area (Å²) in [4.78, 5) is 15.7. The van der Waals surface area contributed by atoms with Crippen molar-refractivity contribution in [2.45, 2.75) is 31.2 Å². The van der Waals surface area contributed by atoms with Gasteiger partial charge in [0.15, 0.2) is 0 Å². The van der Waals surface area contributed by atoms with Crippen molar-refractivity contribution >= 4 is 17.5 Å². The molecule has 1 unspecified atom stereocenters. The molecule has 0 N–H and O–H groups in total. The van der Waals surface area contributed by atoms with E-state index in [0.717, 1.165) is 25.9 Å². The molecule has 0 saturated carbocycles. The van der Waals surface area contributed by atoms with Gasteiger partial charge in [-0.25, -0.2) is 0 Å². The first-order chi connectivity index (χ1) is 6.52. The zero-order chi connectivity index (χ0) is 10.7. The van der Waals surface area contributed by atoms with Crippen molar-refractivity contribution in [3.63, 3.8) is 0 Å². The van der Waals surface area contributed by atoms with Crippen LogP contribution in [0.15, 0.2) is 0 Å². The Balaban J connectivity index is 2.39. The smallest absolute Gasteiger partial charge is 0.240 e. The average Bonchev–Trinajstić information content (AvgIpc) is 2.16. The number of rotatable bonds is 2. The molecule has 0 aromatic rings. The molecule has 1 heterocycles. The number of alkyl halides is 1. The lowest BCUT2D eigenvalue weighted by molar-refractivity contribution is -0.131. The third kappa shape index (κ3) is 2.85. The first kappa shape index (κ1) is 11.8. The van der Waals surface area contributed by atoms with E-state index in [1.54, 1.807) is 6.92 Å². The van der Waals surface area contributed by atoms with E-state index in [4.69, 9.17) is 11.6 Å². The van der Waals surface area contributed by atoms with Gasteiger partial charge >= 0.3 is 0 Å². The summed E-state index contributed by atoms with van der Waals surface area (Å²) in [5.74, 6) is 0.0730. The molecular weight excluding hydrogens is 200 g/mol. The second-order valence-corrected chi connectivity index (χ2v) is 4.79. The fourth-order valence-corrected chi connectivity index (χ4v) is 1.99. The van der Waals surface area contributed by atoms with E-state index in [-0.39, 0.29) is 11.3 Å². The fourth-order valence-electron chi connectivity index (χ4n) is 1.85. The lowest BCUT2D eigenvalue weighted by atomic mass is 10.0. The number of carbonyl (C=O) groups is 1. The highest BCUT2D eigenvalue weighted by Gasteiger charge is 2.25. The van der Waals surface area contributed by atoms with Gasteiger partial charge in [0.2, 0.25) is 5.91 Å². The topological polar surface area (TPSA) is 23.6 Å². The van der Waals surface area contributed by atoms with Gasteiger partial charge in [-0.15, -0.1) is 11.6 Å². The Bertz CT molecular complexity index is 198. The van der Waals surface area contributed by atoms with Crippen LogP contribution in [0.4, 0.5) is 0 Å². The van der Waals surface area contributed by atoms with Crippen molar-refractivity contribution in [3.8, 4) is 0 Å². The van der Waals surface area contributed by atoms with Crippen LogP contribution in [0, 0.1) is 0 Å². The van der Waals surface area contributed by atoms with Crippen molar-refractivity contribution in [3.05, 3.63) is 0 Å². The second kappa shape index (κ2) is 4.99. The largest absolute Gasteiger partial charge is 0.341 e. The summed E-state index contributed by atoms with van der Waals surface area (Å²) < 4.78 is 0. The van der Waals surface area contributed by atoms with Crippen LogP contribution in [0.2, 0.25) is 0 Å². The lowest BCUT2D eigenvalue weighted by Gasteiger charge is -2.35. The summed E-state index contributed by atoms with van der Waals surface area (Å²) >= 11 is 5.76. The highest BCUT2D eigenvalue weighted by atomic mass is 35.5. The molecule has 1 saturated heterocycles. The molecule has 3 nitrogen and oxygen atoms in total. The summed E-state index contributed by atoms with van der Waals surface area (Å²) in [5.41, 5.74) is 0. The monoisotopic (exact) mass is 218 g/mol. The van der Waals surface area contributed by atoms with Gasteiger partial charge in [-0.3, -0.25) is 4.79 Å². The van der Waals surface area contributed by atoms with Crippen LogP contribution >= 0.6 is 11.6 Å². The molecule has 1 atom stereocenters. The number of halogens is 1. The van der Waals surface area contributed by atoms with Gasteiger partial charge in [-0.2, -0.15) is 0 Å². The number of likely N-dealkylation sites (tertiary alicyclic amines) is 1. The van der Waals surface area contributed by atoms with Gasteiger partial charge in [0.1, 0.15) is 5.38 Å². The Morgan fingerprint density at radius 3 is 2.29 bits per heavy atom. The normalized spacial score (nSPS) is 21.4. The molecule has 4 heteroatoms. The number of hydrogen-bond acceptors (Lipinski definition) is 2. The van der Waals surface area contributed by atoms with E-state index in [2.05, 4.69) is 19.0 Å². The zero-order valence-electron chi connectivity index (χ0n) is 9.16. The van der Waals surface area contributed by atoms with Gasteiger partial charge in [-0.05, 0) is 33.9 Å². The van der Waals surface area contributed by atoms with Crippen LogP contribution in [-0.2, 0) is 4.79 Å². The van der Waals surface area contributed by atoms with E-state index in [1.807, 2.05) is 4.90 Å². The first-order valence-electron chi connectivity index (χ1n) is 5.11. The maximum absolute atomic E-state index is 11.6. The molecule has 0 aliphatic carbocycles. The summed E-state index contributed by atoms with van der Waals surface area (Å²) in [7, 11) is 4.18. The second-order valence-electron chi connectivity index (χ2n) is 4.14. The molecule has 0 radical (unpaired) electrons. The number of carbonyl (C=O) groups excluding carboxylic acids is 1. The standard InChI is InChI=1S/C10H19ClN2O/c1-8(11)10(14)13-6-4-9(5-7-13)12(2)3/h8-9H,4-7H2,1-3H3. The van der Waals surface area contributed by atoms with Gasteiger partial charge < -0.3 is 9.80 Å². The third-order valence-corrected chi connectivity index (χ3v) is 3.03. The van der Waals surface area contributed by atoms with Crippen molar-refractivity contribution in [1.82, 2.24) is 9.80 Å². The molecule has 0 bridgehead atoms. The van der Waals surface area contributed by atoms with E-state index in [9.17, 15) is 4.79 Å². The van der Waals surface area contributed by atoms with Crippen LogP contribution in [0.3, 0.4) is 0 Å². The molecule has 1 amide bonds. The molecular formula is C10H19ClN2O.